The molecule has 43 heavy (non-hydrogen) atoms. The van der Waals surface area contributed by atoms with E-state index in [1.165, 1.54) is 54.6 Å². The van der Waals surface area contributed by atoms with Crippen LogP contribution in [-0.2, 0) is 19.6 Å². The molecule has 0 unspecified atom stereocenters. The van der Waals surface area contributed by atoms with Gasteiger partial charge in [0, 0.05) is 27.8 Å². The van der Waals surface area contributed by atoms with Crippen LogP contribution in [0.2, 0.25) is 10.0 Å². The molecule has 1 saturated heterocycles. The standard InChI is InChI=1S/C29H26Cl2N4O6S.Na/c1-18-10-23(42(39,40)34-27(36)16-35-8-2-3-9-35)5-6-25(18)33-28(37)17-41-26-7-4-21(30)14-24(26)29(38)20-11-19(15-32)12-22(31)13-20;/h4-7,10-14H,2-3,8-9,16-17H2,1H3,(H2,33,34,36,37);/q;+1/p-1. The van der Waals surface area contributed by atoms with Gasteiger partial charge in [0.05, 0.1) is 28.0 Å². The molecule has 4 rings (SSSR count). The molecule has 0 spiro atoms. The van der Waals surface area contributed by atoms with Gasteiger partial charge in [-0.1, -0.05) is 23.2 Å². The second-order valence-electron chi connectivity index (χ2n) is 9.57. The number of sulfonamides is 1. The number of benzene rings is 3. The van der Waals surface area contributed by atoms with Crippen LogP contribution in [0.5, 0.6) is 5.75 Å². The molecule has 0 saturated carbocycles. The average Bonchev–Trinajstić information content (AvgIpc) is 3.45. The topological polar surface area (TPSA) is 148 Å². The molecule has 3 aromatic carbocycles. The zero-order valence-electron chi connectivity index (χ0n) is 23.4. The Bertz CT molecular complexity index is 1710. The molecule has 3 aromatic rings. The summed E-state index contributed by atoms with van der Waals surface area (Å²) in [6.07, 6.45) is 1.92. The van der Waals surface area contributed by atoms with Crippen LogP contribution in [0.25, 0.3) is 4.72 Å². The normalized spacial score (nSPS) is 13.0. The molecule has 0 atom stereocenters. The number of amides is 2. The minimum absolute atomic E-state index is 0. The maximum Gasteiger partial charge on any atom is 1.00 e. The number of nitriles is 1. The summed E-state index contributed by atoms with van der Waals surface area (Å²) >= 11 is 12.1. The van der Waals surface area contributed by atoms with Crippen molar-refractivity contribution in [1.82, 2.24) is 4.90 Å². The Kier molecular flexibility index (Phi) is 12.2. The average molecular weight is 652 g/mol. The van der Waals surface area contributed by atoms with Gasteiger partial charge in [0.2, 0.25) is 0 Å². The molecular weight excluding hydrogens is 626 g/mol. The monoisotopic (exact) mass is 650 g/mol. The van der Waals surface area contributed by atoms with Crippen LogP contribution in [0, 0.1) is 18.3 Å². The van der Waals surface area contributed by atoms with Gasteiger partial charge in [-0.2, -0.15) is 5.26 Å². The number of ketones is 1. The van der Waals surface area contributed by atoms with Crippen LogP contribution in [0.15, 0.2) is 59.5 Å². The van der Waals surface area contributed by atoms with E-state index in [4.69, 9.17) is 27.9 Å². The van der Waals surface area contributed by atoms with Gasteiger partial charge in [0.15, 0.2) is 12.4 Å². The predicted molar refractivity (Wildman–Crippen MR) is 158 cm³/mol. The molecule has 1 N–H and O–H groups in total. The van der Waals surface area contributed by atoms with Gasteiger partial charge in [-0.05, 0) is 93.0 Å². The molecule has 218 valence electrons. The summed E-state index contributed by atoms with van der Waals surface area (Å²) in [5.41, 5.74) is 1.15. The Morgan fingerprint density at radius 3 is 2.42 bits per heavy atom. The second kappa shape index (κ2) is 15.2. The zero-order chi connectivity index (χ0) is 30.4. The molecule has 1 fully saturated rings. The summed E-state index contributed by atoms with van der Waals surface area (Å²) in [6, 6.07) is 14.4. The second-order valence-corrected chi connectivity index (χ2v) is 12.0. The number of likely N-dealkylation sites (tertiary alicyclic amines) is 1. The van der Waals surface area contributed by atoms with E-state index in [0.717, 1.165) is 25.9 Å². The van der Waals surface area contributed by atoms with Crippen molar-refractivity contribution in [1.29, 1.82) is 5.26 Å². The first kappa shape index (κ1) is 34.5. The molecule has 1 heterocycles. The minimum Gasteiger partial charge on any atom is -0.541 e. The van der Waals surface area contributed by atoms with Crippen LogP contribution in [-0.4, -0.2) is 57.2 Å². The summed E-state index contributed by atoms with van der Waals surface area (Å²) in [7, 11) is -4.22. The molecule has 2 amide bonds. The minimum atomic E-state index is -4.22. The molecule has 10 nitrogen and oxygen atoms in total. The molecule has 1 aliphatic heterocycles. The molecule has 0 radical (unpaired) electrons. The summed E-state index contributed by atoms with van der Waals surface area (Å²) in [4.78, 5) is 39.8. The molecule has 1 aliphatic rings. The third-order valence-electron chi connectivity index (χ3n) is 6.38. The molecule has 0 aromatic heterocycles. The number of ether oxygens (including phenoxy) is 1. The Hall–Kier alpha value is -2.95. The van der Waals surface area contributed by atoms with Gasteiger partial charge in [-0.15, -0.1) is 0 Å². The van der Waals surface area contributed by atoms with Crippen LogP contribution >= 0.6 is 23.2 Å². The van der Waals surface area contributed by atoms with E-state index >= 15 is 0 Å². The van der Waals surface area contributed by atoms with E-state index in [0.29, 0.717) is 11.3 Å². The number of aryl methyl sites for hydroxylation is 1. The first-order valence-electron chi connectivity index (χ1n) is 12.8. The number of anilines is 1. The number of halogens is 2. The maximum atomic E-state index is 13.2. The van der Waals surface area contributed by atoms with Crippen molar-refractivity contribution in [2.24, 2.45) is 0 Å². The van der Waals surface area contributed by atoms with Crippen LogP contribution in [0.3, 0.4) is 0 Å². The molecule has 0 aliphatic carbocycles. The number of carbonyl (C=O) groups excluding carboxylic acids is 3. The van der Waals surface area contributed by atoms with Gasteiger partial charge < -0.3 is 19.6 Å². The molecule has 0 bridgehead atoms. The van der Waals surface area contributed by atoms with Crippen molar-refractivity contribution < 1.29 is 57.1 Å². The predicted octanol–water partition coefficient (Wildman–Crippen LogP) is 2.11. The van der Waals surface area contributed by atoms with E-state index in [9.17, 15) is 28.1 Å². The summed E-state index contributed by atoms with van der Waals surface area (Å²) < 4.78 is 34.4. The number of hydrogen-bond donors (Lipinski definition) is 1. The van der Waals surface area contributed by atoms with E-state index in [1.807, 2.05) is 11.0 Å². The number of hydrogen-bond acceptors (Lipinski definition) is 8. The first-order chi connectivity index (χ1) is 19.9. The molecular formula is C29H25Cl2N4NaO6S. The van der Waals surface area contributed by atoms with Crippen molar-refractivity contribution in [3.8, 4) is 11.8 Å². The summed E-state index contributed by atoms with van der Waals surface area (Å²) in [5, 5.41) is 12.3. The van der Waals surface area contributed by atoms with Gasteiger partial charge in [0.1, 0.15) is 15.8 Å². The maximum absolute atomic E-state index is 13.2. The van der Waals surface area contributed by atoms with Crippen molar-refractivity contribution in [2.45, 2.75) is 24.7 Å². The fourth-order valence-corrected chi connectivity index (χ4v) is 5.76. The quantitative estimate of drug-likeness (QED) is 0.259. The van der Waals surface area contributed by atoms with E-state index in [-0.39, 0.29) is 73.5 Å². The number of nitrogens with one attached hydrogen (secondary N) is 1. The van der Waals surface area contributed by atoms with Crippen molar-refractivity contribution in [2.75, 3.05) is 31.6 Å². The first-order valence-corrected chi connectivity index (χ1v) is 15.0. The van der Waals surface area contributed by atoms with E-state index in [2.05, 4.69) is 10.0 Å². The smallest absolute Gasteiger partial charge is 0.541 e. The largest absolute Gasteiger partial charge is 1.00 e. The third-order valence-corrected chi connectivity index (χ3v) is 8.13. The Morgan fingerprint density at radius 1 is 1.02 bits per heavy atom. The van der Waals surface area contributed by atoms with E-state index in [1.54, 1.807) is 6.92 Å². The van der Waals surface area contributed by atoms with Crippen LogP contribution in [0.4, 0.5) is 5.69 Å². The van der Waals surface area contributed by atoms with Crippen molar-refractivity contribution in [3.05, 3.63) is 91.6 Å². The summed E-state index contributed by atoms with van der Waals surface area (Å²) in [5.74, 6) is -1.74. The SMILES string of the molecule is Cc1cc(S(=O)(=O)[N-]C(=O)CN2CCCC2)ccc1NC(=O)COc1ccc(Cl)cc1C(=O)c1cc(Cl)cc(C#N)c1.[Na+]. The fraction of sp³-hybridized carbons (Fsp3) is 0.241. The van der Waals surface area contributed by atoms with Gasteiger partial charge in [-0.25, -0.2) is 8.42 Å². The van der Waals surface area contributed by atoms with Gasteiger partial charge in [0.25, 0.3) is 5.91 Å². The fourth-order valence-electron chi connectivity index (χ4n) is 4.36. The summed E-state index contributed by atoms with van der Waals surface area (Å²) in [6.45, 7) is 2.53. The Balaban J connectivity index is 0.00000506. The Labute approximate surface area is 281 Å². The van der Waals surface area contributed by atoms with Crippen molar-refractivity contribution >= 4 is 56.5 Å². The van der Waals surface area contributed by atoms with Crippen LogP contribution in [0.1, 0.15) is 39.9 Å². The number of nitrogens with zero attached hydrogens (tertiary/aromatic N) is 3. The zero-order valence-corrected chi connectivity index (χ0v) is 27.7. The number of rotatable bonds is 10. The third kappa shape index (κ3) is 9.27. The molecule has 14 heteroatoms. The van der Waals surface area contributed by atoms with Crippen molar-refractivity contribution in [3.63, 3.8) is 0 Å². The van der Waals surface area contributed by atoms with Crippen LogP contribution < -0.4 is 39.6 Å². The van der Waals surface area contributed by atoms with E-state index < -0.39 is 34.2 Å². The van der Waals surface area contributed by atoms with Gasteiger partial charge >= 0.3 is 29.6 Å². The number of carbonyl (C=O) groups is 3. The Morgan fingerprint density at radius 2 is 1.74 bits per heavy atom. The van der Waals surface area contributed by atoms with Gasteiger partial charge in [-0.3, -0.25) is 14.5 Å².